The second kappa shape index (κ2) is 4.02. The molecule has 0 aromatic heterocycles. The molecule has 2 aromatic carbocycles. The fourth-order valence-electron chi connectivity index (χ4n) is 1.51. The van der Waals surface area contributed by atoms with Crippen molar-refractivity contribution < 1.29 is 10.0 Å². The van der Waals surface area contributed by atoms with Gasteiger partial charge in [-0.25, -0.2) is 0 Å². The minimum Gasteiger partial charge on any atom is -0.282 e. The van der Waals surface area contributed by atoms with E-state index < -0.39 is 10.7 Å². The minimum absolute atomic E-state index is 0.339. The van der Waals surface area contributed by atoms with Crippen LogP contribution in [0, 0.1) is 16.2 Å². The monoisotopic (exact) mass is 213 g/mol. The highest BCUT2D eigenvalue weighted by Gasteiger charge is 2.21. The van der Waals surface area contributed by atoms with Crippen LogP contribution in [0.5, 0.6) is 5.75 Å². The lowest BCUT2D eigenvalue weighted by Crippen LogP contribution is -1.91. The lowest BCUT2D eigenvalue weighted by atomic mass is 10.0. The van der Waals surface area contributed by atoms with E-state index in [1.54, 1.807) is 30.3 Å². The molecule has 0 aliphatic rings. The van der Waals surface area contributed by atoms with Gasteiger partial charge in [-0.15, -0.1) is 0 Å². The van der Waals surface area contributed by atoms with Gasteiger partial charge in [-0.05, 0) is 23.8 Å². The lowest BCUT2D eigenvalue weighted by molar-refractivity contribution is -0.385. The molecule has 0 aliphatic carbocycles. The van der Waals surface area contributed by atoms with E-state index in [-0.39, 0.29) is 5.69 Å². The molecule has 0 N–H and O–H groups in total. The van der Waals surface area contributed by atoms with Gasteiger partial charge < -0.3 is 0 Å². The summed E-state index contributed by atoms with van der Waals surface area (Å²) in [5, 5.41) is 22.2. The van der Waals surface area contributed by atoms with Gasteiger partial charge in [-0.2, -0.15) is 0 Å². The maximum absolute atomic E-state index is 11.4. The van der Waals surface area contributed by atoms with Crippen LogP contribution in [-0.2, 0) is 5.11 Å². The largest absolute Gasteiger partial charge is 0.324 e. The average Bonchev–Trinajstić information content (AvgIpc) is 2.29. The van der Waals surface area contributed by atoms with Crippen LogP contribution in [-0.4, -0.2) is 4.92 Å². The Kier molecular flexibility index (Phi) is 2.55. The molecule has 16 heavy (non-hydrogen) atoms. The van der Waals surface area contributed by atoms with Crippen LogP contribution in [0.15, 0.2) is 42.5 Å². The van der Waals surface area contributed by atoms with E-state index in [1.807, 2.05) is 0 Å². The number of nitrogens with zero attached hydrogens (tertiary/aromatic N) is 1. The molecule has 2 aromatic rings. The summed E-state index contributed by atoms with van der Waals surface area (Å²) in [5.74, 6) is -0.574. The molecule has 0 atom stereocenters. The van der Waals surface area contributed by atoms with Gasteiger partial charge in [0.1, 0.15) is 0 Å². The Labute approximate surface area is 91.9 Å². The topological polar surface area (TPSA) is 63.0 Å². The SMILES string of the molecule is [O]c1cccc(-c2cc[c]cc2)c1[N+](=O)[O-]. The van der Waals surface area contributed by atoms with Crippen molar-refractivity contribution in [3.05, 3.63) is 58.6 Å². The lowest BCUT2D eigenvalue weighted by Gasteiger charge is -2.02. The standard InChI is InChI=1S/C12H7NO3/c14-11-8-4-7-10(12(11)13(15)16)9-5-2-1-3-6-9/h2-8H. The van der Waals surface area contributed by atoms with Gasteiger partial charge in [-0.1, -0.05) is 30.3 Å². The summed E-state index contributed by atoms with van der Waals surface area (Å²) in [6, 6.07) is 13.8. The van der Waals surface area contributed by atoms with Crippen molar-refractivity contribution in [1.82, 2.24) is 0 Å². The molecular weight excluding hydrogens is 206 g/mol. The fraction of sp³-hybridized carbons (Fsp3) is 0. The first-order chi connectivity index (χ1) is 7.70. The Morgan fingerprint density at radius 1 is 1.12 bits per heavy atom. The first kappa shape index (κ1) is 10.2. The van der Waals surface area contributed by atoms with Crippen molar-refractivity contribution in [3.8, 4) is 16.9 Å². The second-order valence-electron chi connectivity index (χ2n) is 3.20. The van der Waals surface area contributed by atoms with E-state index in [1.165, 1.54) is 12.1 Å². The first-order valence-corrected chi connectivity index (χ1v) is 4.61. The summed E-state index contributed by atoms with van der Waals surface area (Å²) in [5.41, 5.74) is 0.600. The molecule has 0 saturated carbocycles. The van der Waals surface area contributed by atoms with E-state index in [2.05, 4.69) is 6.07 Å². The van der Waals surface area contributed by atoms with Crippen molar-refractivity contribution in [2.45, 2.75) is 0 Å². The molecule has 2 radical (unpaired) electrons. The van der Waals surface area contributed by atoms with Crippen molar-refractivity contribution in [1.29, 1.82) is 0 Å². The fourth-order valence-corrected chi connectivity index (χ4v) is 1.51. The van der Waals surface area contributed by atoms with E-state index in [9.17, 15) is 15.2 Å². The van der Waals surface area contributed by atoms with Crippen molar-refractivity contribution >= 4 is 5.69 Å². The number of nitro groups is 1. The zero-order valence-electron chi connectivity index (χ0n) is 8.21. The summed E-state index contributed by atoms with van der Waals surface area (Å²) in [6.45, 7) is 0. The summed E-state index contributed by atoms with van der Waals surface area (Å²) in [6.07, 6.45) is 0. The van der Waals surface area contributed by atoms with Crippen LogP contribution < -0.4 is 0 Å². The second-order valence-corrected chi connectivity index (χ2v) is 3.20. The maximum atomic E-state index is 11.4. The molecule has 0 unspecified atom stereocenters. The van der Waals surface area contributed by atoms with Crippen LogP contribution in [0.1, 0.15) is 0 Å². The van der Waals surface area contributed by atoms with E-state index >= 15 is 0 Å². The third-order valence-corrected chi connectivity index (χ3v) is 2.21. The molecule has 2 rings (SSSR count). The highest BCUT2D eigenvalue weighted by atomic mass is 16.6. The third-order valence-electron chi connectivity index (χ3n) is 2.21. The third kappa shape index (κ3) is 1.72. The molecule has 0 fully saturated rings. The van der Waals surface area contributed by atoms with Crippen molar-refractivity contribution in [2.75, 3.05) is 0 Å². The van der Waals surface area contributed by atoms with E-state index in [0.29, 0.717) is 11.1 Å². The molecule has 0 spiro atoms. The number of nitro benzene ring substituents is 1. The Bertz CT molecular complexity index is 523. The smallest absolute Gasteiger partial charge is 0.282 e. The number of benzene rings is 2. The molecule has 0 aliphatic heterocycles. The van der Waals surface area contributed by atoms with Crippen LogP contribution in [0.2, 0.25) is 0 Å². The Morgan fingerprint density at radius 2 is 1.81 bits per heavy atom. The predicted octanol–water partition coefficient (Wildman–Crippen LogP) is 3.21. The molecule has 4 heteroatoms. The van der Waals surface area contributed by atoms with Gasteiger partial charge in [0.25, 0.3) is 5.75 Å². The zero-order valence-corrected chi connectivity index (χ0v) is 8.21. The van der Waals surface area contributed by atoms with Gasteiger partial charge in [0.15, 0.2) is 0 Å². The first-order valence-electron chi connectivity index (χ1n) is 4.61. The number of rotatable bonds is 2. The molecule has 0 heterocycles. The van der Waals surface area contributed by atoms with Crippen LogP contribution >= 0.6 is 0 Å². The van der Waals surface area contributed by atoms with Gasteiger partial charge in [0.05, 0.1) is 10.5 Å². The average molecular weight is 213 g/mol. The normalized spacial score (nSPS) is 10.0. The maximum Gasteiger partial charge on any atom is 0.324 e. The summed E-state index contributed by atoms with van der Waals surface area (Å²) in [4.78, 5) is 10.2. The number of hydrogen-bond acceptors (Lipinski definition) is 2. The summed E-state index contributed by atoms with van der Waals surface area (Å²) >= 11 is 0. The molecule has 78 valence electrons. The molecule has 0 bridgehead atoms. The molecule has 4 nitrogen and oxygen atoms in total. The minimum atomic E-state index is -0.644. The number of hydrogen-bond donors (Lipinski definition) is 0. The van der Waals surface area contributed by atoms with Gasteiger partial charge in [0, 0.05) is 0 Å². The molecular formula is C12H7NO3. The summed E-state index contributed by atoms with van der Waals surface area (Å²) < 4.78 is 0. The molecule has 0 amide bonds. The Balaban J connectivity index is 2.66. The van der Waals surface area contributed by atoms with Gasteiger partial charge in [0.2, 0.25) is 0 Å². The summed E-state index contributed by atoms with van der Waals surface area (Å²) in [7, 11) is 0. The predicted molar refractivity (Wildman–Crippen MR) is 57.5 cm³/mol. The van der Waals surface area contributed by atoms with Crippen molar-refractivity contribution in [3.63, 3.8) is 0 Å². The quantitative estimate of drug-likeness (QED) is 0.568. The highest BCUT2D eigenvalue weighted by molar-refractivity contribution is 5.76. The molecule has 0 saturated heterocycles. The van der Waals surface area contributed by atoms with Crippen LogP contribution in [0.3, 0.4) is 0 Å². The Morgan fingerprint density at radius 3 is 2.44 bits per heavy atom. The van der Waals surface area contributed by atoms with Gasteiger partial charge in [-0.3, -0.25) is 15.2 Å². The zero-order chi connectivity index (χ0) is 11.5. The van der Waals surface area contributed by atoms with Crippen LogP contribution in [0.25, 0.3) is 11.1 Å². The van der Waals surface area contributed by atoms with E-state index in [4.69, 9.17) is 0 Å². The Hall–Kier alpha value is -2.36. The van der Waals surface area contributed by atoms with Gasteiger partial charge >= 0.3 is 5.69 Å². The highest BCUT2D eigenvalue weighted by Crippen LogP contribution is 2.36. The number of para-hydroxylation sites is 1. The van der Waals surface area contributed by atoms with Crippen molar-refractivity contribution in [2.24, 2.45) is 0 Å². The van der Waals surface area contributed by atoms with E-state index in [0.717, 1.165) is 0 Å². The van der Waals surface area contributed by atoms with Crippen LogP contribution in [0.4, 0.5) is 5.69 Å².